The van der Waals surface area contributed by atoms with Crippen LogP contribution in [0.25, 0.3) is 23.1 Å². The first kappa shape index (κ1) is 18.0. The lowest BCUT2D eigenvalue weighted by Gasteiger charge is -2.24. The fourth-order valence-corrected chi connectivity index (χ4v) is 3.10. The molecule has 6 nitrogen and oxygen atoms in total. The summed E-state index contributed by atoms with van der Waals surface area (Å²) >= 11 is 5.93. The van der Waals surface area contributed by atoms with E-state index < -0.39 is 6.04 Å². The van der Waals surface area contributed by atoms with Crippen molar-refractivity contribution in [2.24, 2.45) is 0 Å². The Morgan fingerprint density at radius 3 is 2.50 bits per heavy atom. The van der Waals surface area contributed by atoms with Crippen molar-refractivity contribution in [3.63, 3.8) is 0 Å². The molecule has 1 atom stereocenters. The molecule has 0 fully saturated rings. The smallest absolute Gasteiger partial charge is 0.319 e. The number of halogens is 1. The summed E-state index contributed by atoms with van der Waals surface area (Å²) in [5, 5.41) is 14.6. The number of aromatic nitrogens is 2. The van der Waals surface area contributed by atoms with E-state index in [1.54, 1.807) is 12.1 Å². The van der Waals surface area contributed by atoms with E-state index in [2.05, 4.69) is 20.8 Å². The van der Waals surface area contributed by atoms with Gasteiger partial charge in [0.05, 0.1) is 11.6 Å². The van der Waals surface area contributed by atoms with Crippen LogP contribution in [0, 0.1) is 0 Å². The maximum absolute atomic E-state index is 12.0. The number of nitrogens with zero attached hydrogens (tertiary/aromatic N) is 2. The van der Waals surface area contributed by atoms with Crippen LogP contribution >= 0.6 is 11.6 Å². The van der Waals surface area contributed by atoms with Crippen LogP contribution in [0.3, 0.4) is 0 Å². The van der Waals surface area contributed by atoms with Crippen LogP contribution in [0.15, 0.2) is 70.8 Å². The minimum Gasteiger partial charge on any atom is -0.416 e. The van der Waals surface area contributed by atoms with Crippen molar-refractivity contribution < 1.29 is 9.21 Å². The normalized spacial score (nSPS) is 16.9. The average Bonchev–Trinajstić information content (AvgIpc) is 3.17. The highest BCUT2D eigenvalue weighted by Gasteiger charge is 2.28. The molecule has 1 unspecified atom stereocenters. The number of carbonyl (C=O) groups excluding carboxylic acids is 1. The van der Waals surface area contributed by atoms with Crippen LogP contribution in [0.5, 0.6) is 0 Å². The van der Waals surface area contributed by atoms with Crippen molar-refractivity contribution >= 4 is 29.3 Å². The molecule has 0 spiro atoms. The highest BCUT2D eigenvalue weighted by atomic mass is 35.5. The summed E-state index contributed by atoms with van der Waals surface area (Å²) in [6.45, 7) is 1.81. The molecule has 0 radical (unpaired) electrons. The minimum absolute atomic E-state index is 0.276. The molecule has 1 aliphatic rings. The molecule has 28 heavy (non-hydrogen) atoms. The molecule has 4 rings (SSSR count). The monoisotopic (exact) mass is 392 g/mol. The lowest BCUT2D eigenvalue weighted by atomic mass is 10.0. The summed E-state index contributed by atoms with van der Waals surface area (Å²) in [6.07, 6.45) is 3.85. The molecule has 3 aromatic rings. The van der Waals surface area contributed by atoms with Gasteiger partial charge < -0.3 is 15.1 Å². The van der Waals surface area contributed by atoms with Gasteiger partial charge >= 0.3 is 6.03 Å². The van der Waals surface area contributed by atoms with Crippen molar-refractivity contribution in [2.75, 3.05) is 0 Å². The van der Waals surface area contributed by atoms with Gasteiger partial charge in [-0.3, -0.25) is 0 Å². The molecule has 7 heteroatoms. The number of hydrogen-bond donors (Lipinski definition) is 2. The van der Waals surface area contributed by atoms with E-state index >= 15 is 0 Å². The first-order chi connectivity index (χ1) is 13.6. The number of hydrogen-bond acceptors (Lipinski definition) is 4. The Hall–Kier alpha value is -3.38. The van der Waals surface area contributed by atoms with Crippen molar-refractivity contribution in [1.29, 1.82) is 0 Å². The van der Waals surface area contributed by atoms with E-state index in [-0.39, 0.29) is 6.03 Å². The summed E-state index contributed by atoms with van der Waals surface area (Å²) in [5.41, 5.74) is 3.18. The average molecular weight is 393 g/mol. The Bertz CT molecular complexity index is 1060. The summed E-state index contributed by atoms with van der Waals surface area (Å²) in [4.78, 5) is 12.0. The van der Waals surface area contributed by atoms with E-state index in [0.29, 0.717) is 22.5 Å². The standard InChI is InChI=1S/C21H17ClN4O2/c1-13-18(20-26-25-19(28-20)15-8-10-16(22)11-9-15)17(24-21(27)23-13)12-7-14-5-3-2-4-6-14/h2-12,17H,1H3,(H2,23,24,27)/b12-7+. The van der Waals surface area contributed by atoms with Gasteiger partial charge in [-0.2, -0.15) is 0 Å². The van der Waals surface area contributed by atoms with Gasteiger partial charge in [-0.05, 0) is 36.8 Å². The molecule has 0 aliphatic carbocycles. The third-order valence-electron chi connectivity index (χ3n) is 4.33. The van der Waals surface area contributed by atoms with Crippen LogP contribution in [0.1, 0.15) is 18.4 Å². The quantitative estimate of drug-likeness (QED) is 0.684. The zero-order chi connectivity index (χ0) is 19.5. The Balaban J connectivity index is 1.67. The van der Waals surface area contributed by atoms with Crippen molar-refractivity contribution in [3.8, 4) is 11.5 Å². The highest BCUT2D eigenvalue weighted by Crippen LogP contribution is 2.28. The Labute approximate surface area is 166 Å². The second-order valence-electron chi connectivity index (χ2n) is 6.30. The van der Waals surface area contributed by atoms with Gasteiger partial charge in [0, 0.05) is 16.3 Å². The van der Waals surface area contributed by atoms with E-state index in [1.165, 1.54) is 0 Å². The molecule has 2 heterocycles. The summed E-state index contributed by atoms with van der Waals surface area (Å²) < 4.78 is 5.89. The largest absolute Gasteiger partial charge is 0.416 e. The molecule has 0 saturated heterocycles. The topological polar surface area (TPSA) is 80.1 Å². The molecule has 1 aliphatic heterocycles. The molecular weight excluding hydrogens is 376 g/mol. The van der Waals surface area contributed by atoms with Crippen LogP contribution in [0.4, 0.5) is 4.79 Å². The van der Waals surface area contributed by atoms with Gasteiger partial charge in [0.2, 0.25) is 11.8 Å². The zero-order valence-electron chi connectivity index (χ0n) is 15.0. The molecule has 2 N–H and O–H groups in total. The third kappa shape index (κ3) is 3.82. The molecular formula is C21H17ClN4O2. The molecule has 2 amide bonds. The van der Waals surface area contributed by atoms with E-state index in [1.807, 2.05) is 61.5 Å². The summed E-state index contributed by atoms with van der Waals surface area (Å²) in [6, 6.07) is 16.3. The minimum atomic E-state index is -0.396. The Kier molecular flexibility index (Phi) is 4.95. The van der Waals surface area contributed by atoms with Crippen molar-refractivity contribution in [3.05, 3.63) is 82.8 Å². The lowest BCUT2D eigenvalue weighted by Crippen LogP contribution is -2.46. The molecule has 1 aromatic heterocycles. The van der Waals surface area contributed by atoms with Crippen molar-refractivity contribution in [2.45, 2.75) is 13.0 Å². The van der Waals surface area contributed by atoms with Crippen LogP contribution in [-0.2, 0) is 0 Å². The highest BCUT2D eigenvalue weighted by molar-refractivity contribution is 6.30. The second kappa shape index (κ2) is 7.70. The number of allylic oxidation sites excluding steroid dienone is 1. The van der Waals surface area contributed by atoms with Gasteiger partial charge in [0.1, 0.15) is 0 Å². The maximum Gasteiger partial charge on any atom is 0.319 e. The number of rotatable bonds is 4. The van der Waals surface area contributed by atoms with Gasteiger partial charge in [0.25, 0.3) is 0 Å². The fraction of sp³-hybridized carbons (Fsp3) is 0.0952. The van der Waals surface area contributed by atoms with Gasteiger partial charge in [-0.1, -0.05) is 54.1 Å². The number of carbonyl (C=O) groups is 1. The first-order valence-electron chi connectivity index (χ1n) is 8.71. The molecule has 0 bridgehead atoms. The van der Waals surface area contributed by atoms with Gasteiger partial charge in [-0.25, -0.2) is 4.79 Å². The van der Waals surface area contributed by atoms with E-state index in [4.69, 9.17) is 16.0 Å². The summed E-state index contributed by atoms with van der Waals surface area (Å²) in [7, 11) is 0. The van der Waals surface area contributed by atoms with E-state index in [0.717, 1.165) is 16.7 Å². The fourth-order valence-electron chi connectivity index (χ4n) is 2.97. The predicted octanol–water partition coefficient (Wildman–Crippen LogP) is 4.52. The molecule has 140 valence electrons. The number of benzene rings is 2. The predicted molar refractivity (Wildman–Crippen MR) is 108 cm³/mol. The Morgan fingerprint density at radius 2 is 1.75 bits per heavy atom. The maximum atomic E-state index is 12.0. The lowest BCUT2D eigenvalue weighted by molar-refractivity contribution is 0.241. The van der Waals surface area contributed by atoms with Gasteiger partial charge in [0.15, 0.2) is 0 Å². The number of amides is 2. The van der Waals surface area contributed by atoms with Crippen LogP contribution in [-0.4, -0.2) is 22.3 Å². The zero-order valence-corrected chi connectivity index (χ0v) is 15.8. The number of nitrogens with one attached hydrogen (secondary N) is 2. The van der Waals surface area contributed by atoms with Crippen molar-refractivity contribution in [1.82, 2.24) is 20.8 Å². The number of urea groups is 1. The second-order valence-corrected chi connectivity index (χ2v) is 6.74. The van der Waals surface area contributed by atoms with Crippen LogP contribution < -0.4 is 10.6 Å². The SMILES string of the molecule is CC1=C(c2nnc(-c3ccc(Cl)cc3)o2)C(/C=C/c2ccccc2)NC(=O)N1. The van der Waals surface area contributed by atoms with E-state index in [9.17, 15) is 4.79 Å². The van der Waals surface area contributed by atoms with Gasteiger partial charge in [-0.15, -0.1) is 10.2 Å². The third-order valence-corrected chi connectivity index (χ3v) is 4.58. The molecule has 0 saturated carbocycles. The first-order valence-corrected chi connectivity index (χ1v) is 9.09. The summed E-state index contributed by atoms with van der Waals surface area (Å²) in [5.74, 6) is 0.729. The molecule has 2 aromatic carbocycles. The Morgan fingerprint density at radius 1 is 1.04 bits per heavy atom. The van der Waals surface area contributed by atoms with Crippen LogP contribution in [0.2, 0.25) is 5.02 Å².